The Bertz CT molecular complexity index is 536. The highest BCUT2D eigenvalue weighted by Crippen LogP contribution is 2.21. The molecule has 0 atom stereocenters. The van der Waals surface area contributed by atoms with Crippen molar-refractivity contribution in [2.45, 2.75) is 64.6 Å². The minimum Gasteiger partial charge on any atom is -0.395 e. The summed E-state index contributed by atoms with van der Waals surface area (Å²) in [6.07, 6.45) is 3.94. The van der Waals surface area contributed by atoms with Crippen LogP contribution in [-0.2, 0) is 16.6 Å². The molecule has 6 nitrogen and oxygen atoms in total. The van der Waals surface area contributed by atoms with Crippen LogP contribution in [0.1, 0.15) is 45.9 Å². The van der Waals surface area contributed by atoms with Crippen molar-refractivity contribution >= 4 is 10.0 Å². The largest absolute Gasteiger partial charge is 0.395 e. The van der Waals surface area contributed by atoms with Gasteiger partial charge in [0.2, 0.25) is 0 Å². The fourth-order valence-corrected chi connectivity index (χ4v) is 4.25. The van der Waals surface area contributed by atoms with Gasteiger partial charge in [0.05, 0.1) is 6.61 Å². The Hall–Kier alpha value is -0.920. The number of aromatic nitrogens is 2. The van der Waals surface area contributed by atoms with Crippen molar-refractivity contribution in [3.8, 4) is 0 Å². The molecule has 0 saturated carbocycles. The molecule has 0 aliphatic rings. The Balaban J connectivity index is 3.19. The third-order valence-corrected chi connectivity index (χ3v) is 5.49. The number of rotatable bonds is 9. The summed E-state index contributed by atoms with van der Waals surface area (Å²) < 4.78 is 28.8. The van der Waals surface area contributed by atoms with Crippen molar-refractivity contribution in [2.75, 3.05) is 13.2 Å². The molecule has 0 fully saturated rings. The lowest BCUT2D eigenvalue weighted by molar-refractivity contribution is 0.219. The Morgan fingerprint density at radius 1 is 1.33 bits per heavy atom. The summed E-state index contributed by atoms with van der Waals surface area (Å²) in [7, 11) is -3.67. The first-order valence-corrected chi connectivity index (χ1v) is 9.02. The van der Waals surface area contributed by atoms with Crippen molar-refractivity contribution < 1.29 is 13.5 Å². The molecule has 21 heavy (non-hydrogen) atoms. The van der Waals surface area contributed by atoms with Crippen molar-refractivity contribution in [3.63, 3.8) is 0 Å². The lowest BCUT2D eigenvalue weighted by Crippen LogP contribution is -2.41. The van der Waals surface area contributed by atoms with Gasteiger partial charge < -0.3 is 9.67 Å². The molecule has 0 saturated heterocycles. The zero-order valence-electron chi connectivity index (χ0n) is 13.4. The molecule has 0 bridgehead atoms. The van der Waals surface area contributed by atoms with Crippen LogP contribution in [0.5, 0.6) is 0 Å². The molecule has 0 unspecified atom stereocenters. The number of aliphatic hydroxyl groups is 1. The van der Waals surface area contributed by atoms with Crippen molar-refractivity contribution in [3.05, 3.63) is 12.0 Å². The number of sulfonamides is 1. The lowest BCUT2D eigenvalue weighted by atomic mass is 10.2. The highest BCUT2D eigenvalue weighted by molar-refractivity contribution is 7.89. The first kappa shape index (κ1) is 18.1. The smallest absolute Gasteiger partial charge is 0.262 e. The molecule has 0 aromatic carbocycles. The van der Waals surface area contributed by atoms with Crippen LogP contribution in [0.4, 0.5) is 0 Å². The van der Waals surface area contributed by atoms with Crippen molar-refractivity contribution in [2.24, 2.45) is 0 Å². The van der Waals surface area contributed by atoms with E-state index in [9.17, 15) is 13.5 Å². The van der Waals surface area contributed by atoms with E-state index >= 15 is 0 Å². The maximum atomic E-state index is 12.8. The van der Waals surface area contributed by atoms with Crippen LogP contribution in [-0.4, -0.2) is 46.6 Å². The highest BCUT2D eigenvalue weighted by atomic mass is 32.2. The molecule has 1 aromatic heterocycles. The summed E-state index contributed by atoms with van der Waals surface area (Å²) in [5, 5.41) is 9.28. The summed E-state index contributed by atoms with van der Waals surface area (Å²) in [6.45, 7) is 8.42. The number of aryl methyl sites for hydroxylation is 2. The molecule has 1 aromatic rings. The summed E-state index contributed by atoms with van der Waals surface area (Å²) in [5.41, 5.74) is 0. The number of aliphatic hydroxyl groups excluding tert-OH is 1. The second kappa shape index (κ2) is 7.91. The average molecular weight is 317 g/mol. The van der Waals surface area contributed by atoms with E-state index in [-0.39, 0.29) is 24.2 Å². The number of imidazole rings is 1. The van der Waals surface area contributed by atoms with E-state index in [1.807, 2.05) is 32.3 Å². The SMILES string of the molecule is CCCn1cc(S(=O)(=O)N(CCO)C(CC)CC)nc1C. The average Bonchev–Trinajstić information content (AvgIpc) is 2.82. The van der Waals surface area contributed by atoms with E-state index in [1.165, 1.54) is 4.31 Å². The summed E-state index contributed by atoms with van der Waals surface area (Å²) in [6, 6.07) is -0.112. The minimum atomic E-state index is -3.67. The van der Waals surface area contributed by atoms with Gasteiger partial charge in [0.25, 0.3) is 10.0 Å². The van der Waals surface area contributed by atoms with Crippen LogP contribution in [0.2, 0.25) is 0 Å². The van der Waals surface area contributed by atoms with Crippen LogP contribution in [0.15, 0.2) is 11.2 Å². The molecular formula is C14H27N3O3S. The molecule has 1 rings (SSSR count). The van der Waals surface area contributed by atoms with Crippen LogP contribution < -0.4 is 0 Å². The fraction of sp³-hybridized carbons (Fsp3) is 0.786. The fourth-order valence-electron chi connectivity index (χ4n) is 2.48. The standard InChI is InChI=1S/C14H27N3O3S/c1-5-8-16-11-14(15-12(16)4)21(19,20)17(9-10-18)13(6-2)7-3/h11,13,18H,5-10H2,1-4H3. The predicted octanol–water partition coefficient (Wildman–Crippen LogP) is 1.77. The zero-order chi connectivity index (χ0) is 16.0. The topological polar surface area (TPSA) is 75.4 Å². The number of hydrogen-bond acceptors (Lipinski definition) is 4. The molecule has 1 heterocycles. The molecule has 0 aliphatic carbocycles. The van der Waals surface area contributed by atoms with E-state index in [1.54, 1.807) is 6.20 Å². The Morgan fingerprint density at radius 3 is 2.43 bits per heavy atom. The summed E-state index contributed by atoms with van der Waals surface area (Å²) in [5.74, 6) is 0.698. The molecule has 0 aliphatic heterocycles. The van der Waals surface area contributed by atoms with Gasteiger partial charge in [0.1, 0.15) is 5.82 Å². The van der Waals surface area contributed by atoms with E-state index in [0.717, 1.165) is 13.0 Å². The molecular weight excluding hydrogens is 290 g/mol. The molecule has 0 radical (unpaired) electrons. The summed E-state index contributed by atoms with van der Waals surface area (Å²) >= 11 is 0. The maximum Gasteiger partial charge on any atom is 0.262 e. The van der Waals surface area contributed by atoms with Crippen LogP contribution in [0, 0.1) is 6.92 Å². The second-order valence-electron chi connectivity index (χ2n) is 5.13. The van der Waals surface area contributed by atoms with Gasteiger partial charge in [-0.05, 0) is 26.2 Å². The van der Waals surface area contributed by atoms with E-state index in [2.05, 4.69) is 4.98 Å². The van der Waals surface area contributed by atoms with Gasteiger partial charge >= 0.3 is 0 Å². The van der Waals surface area contributed by atoms with Crippen LogP contribution in [0.3, 0.4) is 0 Å². The van der Waals surface area contributed by atoms with Crippen LogP contribution in [0.25, 0.3) is 0 Å². The normalized spacial score (nSPS) is 12.5. The quantitative estimate of drug-likeness (QED) is 0.753. The monoisotopic (exact) mass is 317 g/mol. The van der Waals surface area contributed by atoms with Gasteiger partial charge in [-0.2, -0.15) is 4.31 Å². The Labute approximate surface area is 127 Å². The third-order valence-electron chi connectivity index (χ3n) is 3.66. The van der Waals surface area contributed by atoms with E-state index in [0.29, 0.717) is 18.7 Å². The van der Waals surface area contributed by atoms with Gasteiger partial charge in [-0.3, -0.25) is 0 Å². The molecule has 122 valence electrons. The Morgan fingerprint density at radius 2 is 1.95 bits per heavy atom. The Kier molecular flexibility index (Phi) is 6.83. The van der Waals surface area contributed by atoms with Gasteiger partial charge in [0.15, 0.2) is 5.03 Å². The first-order chi connectivity index (χ1) is 9.92. The summed E-state index contributed by atoms with van der Waals surface area (Å²) in [4.78, 5) is 4.21. The molecule has 0 spiro atoms. The molecule has 7 heteroatoms. The van der Waals surface area contributed by atoms with Gasteiger partial charge in [0, 0.05) is 25.3 Å². The maximum absolute atomic E-state index is 12.8. The first-order valence-electron chi connectivity index (χ1n) is 7.58. The van der Waals surface area contributed by atoms with Crippen LogP contribution >= 0.6 is 0 Å². The van der Waals surface area contributed by atoms with E-state index in [4.69, 9.17) is 0 Å². The minimum absolute atomic E-state index is 0.0776. The van der Waals surface area contributed by atoms with Gasteiger partial charge in [-0.1, -0.05) is 20.8 Å². The third kappa shape index (κ3) is 4.05. The highest BCUT2D eigenvalue weighted by Gasteiger charge is 2.31. The van der Waals surface area contributed by atoms with Crippen molar-refractivity contribution in [1.82, 2.24) is 13.9 Å². The number of hydrogen-bond donors (Lipinski definition) is 1. The lowest BCUT2D eigenvalue weighted by Gasteiger charge is -2.28. The number of nitrogens with zero attached hydrogens (tertiary/aromatic N) is 3. The van der Waals surface area contributed by atoms with Crippen molar-refractivity contribution in [1.29, 1.82) is 0 Å². The molecule has 0 amide bonds. The zero-order valence-corrected chi connectivity index (χ0v) is 14.2. The van der Waals surface area contributed by atoms with Gasteiger partial charge in [-0.25, -0.2) is 13.4 Å². The second-order valence-corrected chi connectivity index (χ2v) is 6.97. The van der Waals surface area contributed by atoms with Gasteiger partial charge in [-0.15, -0.1) is 0 Å². The van der Waals surface area contributed by atoms with E-state index < -0.39 is 10.0 Å². The predicted molar refractivity (Wildman–Crippen MR) is 82.6 cm³/mol. The molecule has 1 N–H and O–H groups in total.